The summed E-state index contributed by atoms with van der Waals surface area (Å²) in [5.74, 6) is 0.218. The van der Waals surface area contributed by atoms with Gasteiger partial charge in [-0.25, -0.2) is 9.78 Å². The molecule has 6 nitrogen and oxygen atoms in total. The fraction of sp³-hybridized carbons (Fsp3) is 0.158. The van der Waals surface area contributed by atoms with Crippen molar-refractivity contribution in [1.82, 2.24) is 15.0 Å². The quantitative estimate of drug-likeness (QED) is 0.581. The number of carbonyl (C=O) groups is 1. The minimum absolute atomic E-state index is 0.159. The van der Waals surface area contributed by atoms with Gasteiger partial charge in [0.15, 0.2) is 0 Å². The molecule has 1 aliphatic carbocycles. The Kier molecular flexibility index (Phi) is 3.65. The Hall–Kier alpha value is -3.28. The maximum atomic E-state index is 12.6. The number of esters is 1. The van der Waals surface area contributed by atoms with E-state index >= 15 is 0 Å². The van der Waals surface area contributed by atoms with Gasteiger partial charge in [-0.1, -0.05) is 12.1 Å². The van der Waals surface area contributed by atoms with Gasteiger partial charge in [0.1, 0.15) is 5.82 Å². The van der Waals surface area contributed by atoms with E-state index in [1.54, 1.807) is 30.6 Å². The molecule has 0 fully saturated rings. The number of benzene rings is 1. The largest absolute Gasteiger partial charge is 0.465 e. The molecule has 124 valence electrons. The average molecular weight is 333 g/mol. The Morgan fingerprint density at radius 3 is 2.96 bits per heavy atom. The van der Waals surface area contributed by atoms with E-state index in [0.29, 0.717) is 29.8 Å². The highest BCUT2D eigenvalue weighted by atomic mass is 16.5. The number of methoxy groups -OCH3 is 1. The predicted octanol–water partition coefficient (Wildman–Crippen LogP) is 2.11. The van der Waals surface area contributed by atoms with Crippen LogP contribution in [0.25, 0.3) is 11.1 Å². The van der Waals surface area contributed by atoms with Crippen molar-refractivity contribution in [3.8, 4) is 11.1 Å². The molecule has 0 spiro atoms. The molecule has 0 saturated carbocycles. The molecule has 1 aromatic carbocycles. The number of aromatic amines is 1. The molecule has 2 heterocycles. The Bertz CT molecular complexity index is 1030. The number of aromatic nitrogens is 3. The van der Waals surface area contributed by atoms with Gasteiger partial charge in [0.2, 0.25) is 0 Å². The molecule has 1 N–H and O–H groups in total. The van der Waals surface area contributed by atoms with Crippen molar-refractivity contribution in [2.45, 2.75) is 12.8 Å². The van der Waals surface area contributed by atoms with Gasteiger partial charge in [-0.05, 0) is 34.9 Å². The number of hydrogen-bond acceptors (Lipinski definition) is 5. The second-order valence-corrected chi connectivity index (χ2v) is 5.91. The molecule has 6 heteroatoms. The van der Waals surface area contributed by atoms with Crippen molar-refractivity contribution >= 4 is 5.97 Å². The second kappa shape index (κ2) is 5.98. The van der Waals surface area contributed by atoms with E-state index in [-0.39, 0.29) is 5.56 Å². The van der Waals surface area contributed by atoms with Gasteiger partial charge in [0.05, 0.1) is 23.9 Å². The van der Waals surface area contributed by atoms with Crippen LogP contribution >= 0.6 is 0 Å². The minimum atomic E-state index is -0.391. The van der Waals surface area contributed by atoms with Gasteiger partial charge in [0.25, 0.3) is 5.56 Å². The molecule has 0 aliphatic heterocycles. The van der Waals surface area contributed by atoms with E-state index in [9.17, 15) is 9.59 Å². The molecule has 4 rings (SSSR count). The molecular formula is C19H15N3O3. The molecule has 0 amide bonds. The summed E-state index contributed by atoms with van der Waals surface area (Å²) in [7, 11) is 1.35. The van der Waals surface area contributed by atoms with Crippen LogP contribution in [0.2, 0.25) is 0 Å². The van der Waals surface area contributed by atoms with E-state index in [2.05, 4.69) is 15.0 Å². The number of pyridine rings is 1. The summed E-state index contributed by atoms with van der Waals surface area (Å²) < 4.78 is 4.75. The fourth-order valence-electron chi connectivity index (χ4n) is 3.17. The van der Waals surface area contributed by atoms with E-state index < -0.39 is 5.97 Å². The zero-order valence-electron chi connectivity index (χ0n) is 13.6. The van der Waals surface area contributed by atoms with E-state index in [4.69, 9.17) is 4.74 Å². The fourth-order valence-corrected chi connectivity index (χ4v) is 3.17. The average Bonchev–Trinajstić information content (AvgIpc) is 2.99. The maximum Gasteiger partial charge on any atom is 0.337 e. The third-order valence-electron chi connectivity index (χ3n) is 4.29. The summed E-state index contributed by atoms with van der Waals surface area (Å²) in [6.45, 7) is 0. The molecule has 2 aromatic heterocycles. The molecule has 0 radical (unpaired) electrons. The number of nitrogens with zero attached hydrogens (tertiary/aromatic N) is 2. The van der Waals surface area contributed by atoms with E-state index in [1.807, 2.05) is 12.1 Å². The molecule has 0 unspecified atom stereocenters. The Labute approximate surface area is 143 Å². The second-order valence-electron chi connectivity index (χ2n) is 5.91. The first kappa shape index (κ1) is 15.3. The van der Waals surface area contributed by atoms with Gasteiger partial charge in [0, 0.05) is 25.2 Å². The maximum absolute atomic E-state index is 12.6. The third kappa shape index (κ3) is 2.71. The summed E-state index contributed by atoms with van der Waals surface area (Å²) in [6.07, 6.45) is 4.50. The van der Waals surface area contributed by atoms with Crippen LogP contribution in [0, 0.1) is 0 Å². The van der Waals surface area contributed by atoms with Crippen molar-refractivity contribution in [3.63, 3.8) is 0 Å². The van der Waals surface area contributed by atoms with Crippen LogP contribution < -0.4 is 5.56 Å². The lowest BCUT2D eigenvalue weighted by Gasteiger charge is -2.04. The number of H-pyrrole nitrogens is 1. The van der Waals surface area contributed by atoms with Crippen LogP contribution in [0.15, 0.2) is 47.5 Å². The Morgan fingerprint density at radius 2 is 2.20 bits per heavy atom. The lowest BCUT2D eigenvalue weighted by molar-refractivity contribution is 0.0600. The van der Waals surface area contributed by atoms with Gasteiger partial charge < -0.3 is 9.72 Å². The van der Waals surface area contributed by atoms with Crippen LogP contribution in [0.1, 0.15) is 33.0 Å². The third-order valence-corrected chi connectivity index (χ3v) is 4.29. The molecule has 0 atom stereocenters. The van der Waals surface area contributed by atoms with E-state index in [0.717, 1.165) is 22.4 Å². The Balaban J connectivity index is 1.72. The zero-order chi connectivity index (χ0) is 17.4. The highest BCUT2D eigenvalue weighted by Crippen LogP contribution is 2.33. The number of hydrogen-bond donors (Lipinski definition) is 1. The standard InChI is InChI=1S/C19H15N3O3/c1-25-19(24)12-4-5-14-13(8-12)9-15-17(14)18(23)22-16(21-15)7-11-3-2-6-20-10-11/h2-6,8,10H,7,9H2,1H3,(H,21,22,23). The summed E-state index contributed by atoms with van der Waals surface area (Å²) in [5.41, 5.74) is 4.35. The molecule has 0 bridgehead atoms. The smallest absolute Gasteiger partial charge is 0.337 e. The van der Waals surface area contributed by atoms with Crippen LogP contribution in [-0.2, 0) is 17.6 Å². The van der Waals surface area contributed by atoms with Gasteiger partial charge in [-0.2, -0.15) is 0 Å². The lowest BCUT2D eigenvalue weighted by Crippen LogP contribution is -2.15. The number of fused-ring (bicyclic) bond motifs is 3. The first-order valence-corrected chi connectivity index (χ1v) is 7.88. The number of carbonyl (C=O) groups excluding carboxylic acids is 1. The number of rotatable bonds is 3. The van der Waals surface area contributed by atoms with Gasteiger partial charge in [-0.15, -0.1) is 0 Å². The topological polar surface area (TPSA) is 84.9 Å². The van der Waals surface area contributed by atoms with Crippen molar-refractivity contribution in [2.24, 2.45) is 0 Å². The van der Waals surface area contributed by atoms with Crippen molar-refractivity contribution in [2.75, 3.05) is 7.11 Å². The van der Waals surface area contributed by atoms with Crippen LogP contribution in [0.4, 0.5) is 0 Å². The Morgan fingerprint density at radius 1 is 1.32 bits per heavy atom. The number of ether oxygens (including phenoxy) is 1. The van der Waals surface area contributed by atoms with Crippen molar-refractivity contribution in [1.29, 1.82) is 0 Å². The van der Waals surface area contributed by atoms with Crippen LogP contribution in [0.5, 0.6) is 0 Å². The van der Waals surface area contributed by atoms with Crippen LogP contribution in [0.3, 0.4) is 0 Å². The van der Waals surface area contributed by atoms with Crippen molar-refractivity contribution in [3.05, 3.63) is 81.3 Å². The first-order chi connectivity index (χ1) is 12.2. The summed E-state index contributed by atoms with van der Waals surface area (Å²) >= 11 is 0. The van der Waals surface area contributed by atoms with Crippen LogP contribution in [-0.4, -0.2) is 28.0 Å². The molecule has 0 saturated heterocycles. The molecule has 3 aromatic rings. The minimum Gasteiger partial charge on any atom is -0.465 e. The first-order valence-electron chi connectivity index (χ1n) is 7.88. The SMILES string of the molecule is COC(=O)c1ccc2c(c1)Cc1nc(Cc3cccnc3)[nH]c(=O)c1-2. The molecule has 1 aliphatic rings. The van der Waals surface area contributed by atoms with E-state index in [1.165, 1.54) is 7.11 Å². The zero-order valence-corrected chi connectivity index (χ0v) is 13.6. The monoisotopic (exact) mass is 333 g/mol. The summed E-state index contributed by atoms with van der Waals surface area (Å²) in [5, 5.41) is 0. The predicted molar refractivity (Wildman–Crippen MR) is 91.5 cm³/mol. The highest BCUT2D eigenvalue weighted by molar-refractivity contribution is 5.91. The summed E-state index contributed by atoms with van der Waals surface area (Å²) in [6, 6.07) is 9.01. The molecule has 25 heavy (non-hydrogen) atoms. The van der Waals surface area contributed by atoms with Crippen molar-refractivity contribution < 1.29 is 9.53 Å². The lowest BCUT2D eigenvalue weighted by atomic mass is 10.0. The van der Waals surface area contributed by atoms with Gasteiger partial charge >= 0.3 is 5.97 Å². The highest BCUT2D eigenvalue weighted by Gasteiger charge is 2.25. The number of nitrogens with one attached hydrogen (secondary N) is 1. The summed E-state index contributed by atoms with van der Waals surface area (Å²) in [4.78, 5) is 35.8. The molecular weight excluding hydrogens is 318 g/mol. The van der Waals surface area contributed by atoms with Gasteiger partial charge in [-0.3, -0.25) is 9.78 Å². The normalized spacial score (nSPS) is 11.7.